The molecule has 0 spiro atoms. The summed E-state index contributed by atoms with van der Waals surface area (Å²) in [6.07, 6.45) is 2.36. The van der Waals surface area contributed by atoms with Crippen molar-refractivity contribution in [2.24, 2.45) is 5.92 Å². The highest BCUT2D eigenvalue weighted by molar-refractivity contribution is 5.89. The third kappa shape index (κ3) is 2.72. The molecule has 0 radical (unpaired) electrons. The van der Waals surface area contributed by atoms with E-state index < -0.39 is 11.5 Å². The molecule has 1 saturated carbocycles. The molecule has 14 heavy (non-hydrogen) atoms. The van der Waals surface area contributed by atoms with Crippen LogP contribution in [0.25, 0.3) is 0 Å². The highest BCUT2D eigenvalue weighted by Gasteiger charge is 2.51. The topological polar surface area (TPSA) is 66.4 Å². The predicted molar refractivity (Wildman–Crippen MR) is 51.8 cm³/mol. The molecule has 1 aliphatic carbocycles. The van der Waals surface area contributed by atoms with E-state index >= 15 is 0 Å². The lowest BCUT2D eigenvalue weighted by Gasteiger charge is -2.12. The van der Waals surface area contributed by atoms with Crippen LogP contribution in [0.4, 0.5) is 0 Å². The summed E-state index contributed by atoms with van der Waals surface area (Å²) in [6, 6.07) is 0. The fourth-order valence-corrected chi connectivity index (χ4v) is 1.27. The van der Waals surface area contributed by atoms with Crippen LogP contribution >= 0.6 is 0 Å². The average Bonchev–Trinajstić information content (AvgIpc) is 2.82. The van der Waals surface area contributed by atoms with Gasteiger partial charge in [0.15, 0.2) is 0 Å². The predicted octanol–water partition coefficient (Wildman–Crippen LogP) is 1.16. The van der Waals surface area contributed by atoms with Gasteiger partial charge in [0.25, 0.3) is 0 Å². The molecular weight excluding hydrogens is 182 g/mol. The molecule has 0 heterocycles. The first-order valence-corrected chi connectivity index (χ1v) is 5.01. The van der Waals surface area contributed by atoms with Crippen molar-refractivity contribution < 1.29 is 14.7 Å². The van der Waals surface area contributed by atoms with Crippen LogP contribution < -0.4 is 5.32 Å². The smallest absolute Gasteiger partial charge is 0.329 e. The molecule has 0 aromatic carbocycles. The van der Waals surface area contributed by atoms with Crippen LogP contribution in [0, 0.1) is 5.92 Å². The Hall–Kier alpha value is -1.06. The second kappa shape index (κ2) is 3.98. The Balaban J connectivity index is 2.31. The van der Waals surface area contributed by atoms with Crippen molar-refractivity contribution in [3.8, 4) is 0 Å². The van der Waals surface area contributed by atoms with E-state index in [1.54, 1.807) is 0 Å². The van der Waals surface area contributed by atoms with Gasteiger partial charge in [-0.25, -0.2) is 4.79 Å². The summed E-state index contributed by atoms with van der Waals surface area (Å²) in [6.45, 7) is 4.08. The number of nitrogens with one attached hydrogen (secondary N) is 1. The van der Waals surface area contributed by atoms with Crippen molar-refractivity contribution in [1.82, 2.24) is 5.32 Å². The van der Waals surface area contributed by atoms with Crippen LogP contribution in [-0.4, -0.2) is 22.5 Å². The van der Waals surface area contributed by atoms with Gasteiger partial charge in [0, 0.05) is 6.42 Å². The minimum Gasteiger partial charge on any atom is -0.480 e. The van der Waals surface area contributed by atoms with Crippen molar-refractivity contribution >= 4 is 11.9 Å². The molecule has 4 nitrogen and oxygen atoms in total. The number of carbonyl (C=O) groups is 2. The van der Waals surface area contributed by atoms with E-state index in [2.05, 4.69) is 5.32 Å². The van der Waals surface area contributed by atoms with Crippen LogP contribution in [0.1, 0.15) is 39.5 Å². The number of carboxylic acid groups (broad SMARTS) is 1. The minimum atomic E-state index is -0.923. The fourth-order valence-electron chi connectivity index (χ4n) is 1.27. The summed E-state index contributed by atoms with van der Waals surface area (Å²) in [5.41, 5.74) is -0.923. The summed E-state index contributed by atoms with van der Waals surface area (Å²) in [7, 11) is 0. The van der Waals surface area contributed by atoms with Gasteiger partial charge in [-0.15, -0.1) is 0 Å². The standard InChI is InChI=1S/C10H17NO3/c1-7(2)3-4-8(12)11-10(5-6-10)9(13)14/h7H,3-6H2,1-2H3,(H,11,12)(H,13,14). The van der Waals surface area contributed by atoms with Crippen LogP contribution in [0.15, 0.2) is 0 Å². The van der Waals surface area contributed by atoms with E-state index in [1.807, 2.05) is 13.8 Å². The molecule has 0 unspecified atom stereocenters. The third-order valence-corrected chi connectivity index (χ3v) is 2.49. The number of amides is 1. The van der Waals surface area contributed by atoms with Crippen molar-refractivity contribution in [2.45, 2.75) is 45.1 Å². The molecule has 0 aromatic heterocycles. The fraction of sp³-hybridized carbons (Fsp3) is 0.800. The molecule has 1 aliphatic rings. The molecule has 0 saturated heterocycles. The molecule has 4 heteroatoms. The Morgan fingerprint density at radius 1 is 1.43 bits per heavy atom. The van der Waals surface area contributed by atoms with E-state index in [9.17, 15) is 9.59 Å². The molecule has 80 valence electrons. The maximum Gasteiger partial charge on any atom is 0.329 e. The van der Waals surface area contributed by atoms with Gasteiger partial charge in [-0.1, -0.05) is 13.8 Å². The molecule has 2 N–H and O–H groups in total. The van der Waals surface area contributed by atoms with Crippen LogP contribution in [-0.2, 0) is 9.59 Å². The van der Waals surface area contributed by atoms with Crippen molar-refractivity contribution in [3.63, 3.8) is 0 Å². The quantitative estimate of drug-likeness (QED) is 0.698. The lowest BCUT2D eigenvalue weighted by molar-refractivity contribution is -0.143. The zero-order valence-corrected chi connectivity index (χ0v) is 8.67. The number of hydrogen-bond donors (Lipinski definition) is 2. The number of carbonyl (C=O) groups excluding carboxylic acids is 1. The number of aliphatic carboxylic acids is 1. The Labute approximate surface area is 83.7 Å². The van der Waals surface area contributed by atoms with Gasteiger partial charge in [-0.2, -0.15) is 0 Å². The van der Waals surface area contributed by atoms with Crippen molar-refractivity contribution in [2.75, 3.05) is 0 Å². The van der Waals surface area contributed by atoms with Crippen LogP contribution in [0.5, 0.6) is 0 Å². The molecular formula is C10H17NO3. The van der Waals surface area contributed by atoms with Gasteiger partial charge >= 0.3 is 5.97 Å². The lowest BCUT2D eigenvalue weighted by Crippen LogP contribution is -2.43. The van der Waals surface area contributed by atoms with Gasteiger partial charge in [-0.05, 0) is 25.2 Å². The highest BCUT2D eigenvalue weighted by Crippen LogP contribution is 2.35. The largest absolute Gasteiger partial charge is 0.480 e. The molecule has 1 rings (SSSR count). The Bertz CT molecular complexity index is 244. The molecule has 0 bridgehead atoms. The summed E-state index contributed by atoms with van der Waals surface area (Å²) in [5, 5.41) is 11.4. The maximum absolute atomic E-state index is 11.3. The summed E-state index contributed by atoms with van der Waals surface area (Å²) in [4.78, 5) is 22.1. The van der Waals surface area contributed by atoms with Crippen molar-refractivity contribution in [1.29, 1.82) is 0 Å². The molecule has 1 amide bonds. The molecule has 0 aliphatic heterocycles. The van der Waals surface area contributed by atoms with E-state index in [4.69, 9.17) is 5.11 Å². The SMILES string of the molecule is CC(C)CCC(=O)NC1(C(=O)O)CC1. The van der Waals surface area contributed by atoms with Gasteiger partial charge in [0.1, 0.15) is 5.54 Å². The molecule has 0 aromatic rings. The third-order valence-electron chi connectivity index (χ3n) is 2.49. The zero-order chi connectivity index (χ0) is 10.8. The average molecular weight is 199 g/mol. The lowest BCUT2D eigenvalue weighted by atomic mass is 10.1. The Morgan fingerprint density at radius 3 is 2.36 bits per heavy atom. The molecule has 1 fully saturated rings. The van der Waals surface area contributed by atoms with Crippen LogP contribution in [0.3, 0.4) is 0 Å². The number of hydrogen-bond acceptors (Lipinski definition) is 2. The normalized spacial score (nSPS) is 17.9. The van der Waals surface area contributed by atoms with Gasteiger partial charge in [0.05, 0.1) is 0 Å². The Kier molecular flexibility index (Phi) is 3.13. The van der Waals surface area contributed by atoms with Gasteiger partial charge in [0.2, 0.25) is 5.91 Å². The second-order valence-electron chi connectivity index (χ2n) is 4.37. The number of rotatable bonds is 5. The number of carboxylic acids is 1. The van der Waals surface area contributed by atoms with E-state index in [-0.39, 0.29) is 5.91 Å². The van der Waals surface area contributed by atoms with Gasteiger partial charge in [-0.3, -0.25) is 4.79 Å². The first-order chi connectivity index (χ1) is 6.46. The highest BCUT2D eigenvalue weighted by atomic mass is 16.4. The molecule has 0 atom stereocenters. The Morgan fingerprint density at radius 2 is 2.00 bits per heavy atom. The first-order valence-electron chi connectivity index (χ1n) is 5.01. The summed E-state index contributed by atoms with van der Waals surface area (Å²) >= 11 is 0. The van der Waals surface area contributed by atoms with Crippen LogP contribution in [0.2, 0.25) is 0 Å². The summed E-state index contributed by atoms with van der Waals surface area (Å²) < 4.78 is 0. The second-order valence-corrected chi connectivity index (χ2v) is 4.37. The van der Waals surface area contributed by atoms with E-state index in [0.29, 0.717) is 25.2 Å². The minimum absolute atomic E-state index is 0.140. The van der Waals surface area contributed by atoms with E-state index in [1.165, 1.54) is 0 Å². The maximum atomic E-state index is 11.3. The van der Waals surface area contributed by atoms with E-state index in [0.717, 1.165) is 6.42 Å². The van der Waals surface area contributed by atoms with Crippen molar-refractivity contribution in [3.05, 3.63) is 0 Å². The zero-order valence-electron chi connectivity index (χ0n) is 8.67. The first kappa shape index (κ1) is 11.0. The summed E-state index contributed by atoms with van der Waals surface area (Å²) in [5.74, 6) is -0.574. The monoisotopic (exact) mass is 199 g/mol. The van der Waals surface area contributed by atoms with Gasteiger partial charge < -0.3 is 10.4 Å².